The van der Waals surface area contributed by atoms with Crippen LogP contribution >= 0.6 is 0 Å². The minimum atomic E-state index is -4.47. The Morgan fingerprint density at radius 3 is 2.94 bits per heavy atom. The first-order chi connectivity index (χ1) is 15.4. The smallest absolute Gasteiger partial charge is 0.416 e. The molecule has 0 radical (unpaired) electrons. The molecule has 0 aliphatic carbocycles. The summed E-state index contributed by atoms with van der Waals surface area (Å²) in [5, 5.41) is 3.92. The number of rotatable bonds is 6. The van der Waals surface area contributed by atoms with E-state index < -0.39 is 11.7 Å². The zero-order valence-corrected chi connectivity index (χ0v) is 17.0. The number of carbonyl (C=O) groups excluding carboxylic acids is 1. The molecule has 1 unspecified atom stereocenters. The molecule has 32 heavy (non-hydrogen) atoms. The van der Waals surface area contributed by atoms with Gasteiger partial charge in [-0.1, -0.05) is 11.2 Å². The first kappa shape index (κ1) is 21.7. The van der Waals surface area contributed by atoms with E-state index in [0.29, 0.717) is 36.9 Å². The third kappa shape index (κ3) is 5.40. The number of carbonyl (C=O) groups is 1. The summed E-state index contributed by atoms with van der Waals surface area (Å²) < 4.78 is 49.1. The first-order valence-electron chi connectivity index (χ1n) is 10.1. The van der Waals surface area contributed by atoms with Crippen molar-refractivity contribution >= 4 is 5.91 Å². The van der Waals surface area contributed by atoms with Crippen molar-refractivity contribution in [3.63, 3.8) is 0 Å². The van der Waals surface area contributed by atoms with E-state index in [1.54, 1.807) is 17.3 Å². The molecule has 1 aromatic carbocycles. The average Bonchev–Trinajstić information content (AvgIpc) is 3.26. The number of likely N-dealkylation sites (tertiary alicyclic amines) is 1. The van der Waals surface area contributed by atoms with Crippen LogP contribution in [-0.4, -0.2) is 50.6 Å². The second kappa shape index (κ2) is 9.33. The van der Waals surface area contributed by atoms with Gasteiger partial charge in [0, 0.05) is 31.9 Å². The van der Waals surface area contributed by atoms with Crippen LogP contribution in [0.4, 0.5) is 13.2 Å². The van der Waals surface area contributed by atoms with Crippen LogP contribution in [0.3, 0.4) is 0 Å². The van der Waals surface area contributed by atoms with Crippen LogP contribution < -0.4 is 4.74 Å². The third-order valence-electron chi connectivity index (χ3n) is 5.12. The Hall–Kier alpha value is -3.50. The van der Waals surface area contributed by atoms with Crippen molar-refractivity contribution in [3.05, 3.63) is 54.3 Å². The standard InChI is InChI=1S/C21H20F3N5O3/c22-21(23,24)15-4-1-5-16(10-15)31-13-19(30)29-8-2-3-14(12-29)9-18-27-20(28-32-18)17-11-25-6-7-26-17/h1,4-7,10-11,14H,2-3,8-9,12-13H2. The normalized spacial score (nSPS) is 16.7. The Morgan fingerprint density at radius 1 is 1.28 bits per heavy atom. The molecule has 1 fully saturated rings. The molecular formula is C21H20F3N5O3. The lowest BCUT2D eigenvalue weighted by Crippen LogP contribution is -2.42. The van der Waals surface area contributed by atoms with Crippen LogP contribution in [0.5, 0.6) is 5.75 Å². The fraction of sp³-hybridized carbons (Fsp3) is 0.381. The summed E-state index contributed by atoms with van der Waals surface area (Å²) in [6.07, 6.45) is 2.36. The number of halogens is 3. The molecule has 3 aromatic rings. The zero-order valence-electron chi connectivity index (χ0n) is 17.0. The van der Waals surface area contributed by atoms with Crippen molar-refractivity contribution in [2.45, 2.75) is 25.4 Å². The van der Waals surface area contributed by atoms with Gasteiger partial charge in [0.2, 0.25) is 11.7 Å². The summed E-state index contributed by atoms with van der Waals surface area (Å²) in [5.74, 6) is 0.648. The molecule has 1 aliphatic rings. The predicted molar refractivity (Wildman–Crippen MR) is 105 cm³/mol. The van der Waals surface area contributed by atoms with Crippen molar-refractivity contribution in [1.82, 2.24) is 25.0 Å². The van der Waals surface area contributed by atoms with Gasteiger partial charge in [0.05, 0.1) is 11.8 Å². The monoisotopic (exact) mass is 447 g/mol. The maximum Gasteiger partial charge on any atom is 0.416 e. The summed E-state index contributed by atoms with van der Waals surface area (Å²) in [6, 6.07) is 4.48. The number of aromatic nitrogens is 4. The van der Waals surface area contributed by atoms with Crippen LogP contribution in [0.2, 0.25) is 0 Å². The fourth-order valence-electron chi connectivity index (χ4n) is 3.56. The van der Waals surface area contributed by atoms with Gasteiger partial charge in [0.15, 0.2) is 6.61 Å². The number of piperidine rings is 1. The summed E-state index contributed by atoms with van der Waals surface area (Å²) in [4.78, 5) is 26.7. The average molecular weight is 447 g/mol. The van der Waals surface area contributed by atoms with Crippen molar-refractivity contribution in [1.29, 1.82) is 0 Å². The summed E-state index contributed by atoms with van der Waals surface area (Å²) in [6.45, 7) is 0.717. The molecule has 168 valence electrons. The molecule has 1 amide bonds. The minimum Gasteiger partial charge on any atom is -0.484 e. The van der Waals surface area contributed by atoms with Crippen LogP contribution in [0.25, 0.3) is 11.5 Å². The Labute approximate surface area is 181 Å². The van der Waals surface area contributed by atoms with Crippen LogP contribution in [0, 0.1) is 5.92 Å². The molecule has 1 atom stereocenters. The molecule has 4 rings (SSSR count). The largest absolute Gasteiger partial charge is 0.484 e. The lowest BCUT2D eigenvalue weighted by atomic mass is 9.95. The van der Waals surface area contributed by atoms with E-state index >= 15 is 0 Å². The molecule has 2 aromatic heterocycles. The van der Waals surface area contributed by atoms with Gasteiger partial charge in [-0.2, -0.15) is 18.2 Å². The van der Waals surface area contributed by atoms with Gasteiger partial charge in [-0.25, -0.2) is 4.98 Å². The molecule has 11 heteroatoms. The quantitative estimate of drug-likeness (QED) is 0.572. The summed E-state index contributed by atoms with van der Waals surface area (Å²) in [7, 11) is 0. The highest BCUT2D eigenvalue weighted by Crippen LogP contribution is 2.31. The van der Waals surface area contributed by atoms with Crippen LogP contribution in [0.15, 0.2) is 47.4 Å². The number of hydrogen-bond acceptors (Lipinski definition) is 7. The van der Waals surface area contributed by atoms with Gasteiger partial charge >= 0.3 is 6.18 Å². The number of alkyl halides is 3. The van der Waals surface area contributed by atoms with E-state index in [1.165, 1.54) is 18.3 Å². The molecule has 1 aliphatic heterocycles. The number of ether oxygens (including phenoxy) is 1. The van der Waals surface area contributed by atoms with Crippen molar-refractivity contribution < 1.29 is 27.2 Å². The Balaban J connectivity index is 1.31. The van der Waals surface area contributed by atoms with Crippen LogP contribution in [-0.2, 0) is 17.4 Å². The maximum absolute atomic E-state index is 12.8. The fourth-order valence-corrected chi connectivity index (χ4v) is 3.56. The predicted octanol–water partition coefficient (Wildman–Crippen LogP) is 3.41. The van der Waals surface area contributed by atoms with E-state index in [1.807, 2.05) is 0 Å². The van der Waals surface area contributed by atoms with E-state index in [0.717, 1.165) is 25.0 Å². The van der Waals surface area contributed by atoms with E-state index in [9.17, 15) is 18.0 Å². The number of hydrogen-bond donors (Lipinski definition) is 0. The Morgan fingerprint density at radius 2 is 2.16 bits per heavy atom. The van der Waals surface area contributed by atoms with Crippen molar-refractivity contribution in [2.75, 3.05) is 19.7 Å². The Bertz CT molecular complexity index is 1060. The molecule has 0 N–H and O–H groups in total. The van der Waals surface area contributed by atoms with Gasteiger partial charge in [-0.05, 0) is 37.0 Å². The molecule has 0 saturated carbocycles. The second-order valence-electron chi connectivity index (χ2n) is 7.47. The van der Waals surface area contributed by atoms with Gasteiger partial charge in [0.25, 0.3) is 5.91 Å². The molecule has 0 bridgehead atoms. The first-order valence-corrected chi connectivity index (χ1v) is 10.1. The van der Waals surface area contributed by atoms with Gasteiger partial charge in [0.1, 0.15) is 11.4 Å². The zero-order chi connectivity index (χ0) is 22.6. The highest BCUT2D eigenvalue weighted by atomic mass is 19.4. The van der Waals surface area contributed by atoms with Gasteiger partial charge in [-0.15, -0.1) is 0 Å². The van der Waals surface area contributed by atoms with E-state index in [-0.39, 0.29) is 24.2 Å². The third-order valence-corrected chi connectivity index (χ3v) is 5.12. The lowest BCUT2D eigenvalue weighted by molar-refractivity contribution is -0.137. The topological polar surface area (TPSA) is 94.2 Å². The summed E-state index contributed by atoms with van der Waals surface area (Å²) >= 11 is 0. The maximum atomic E-state index is 12.8. The highest BCUT2D eigenvalue weighted by molar-refractivity contribution is 5.77. The van der Waals surface area contributed by atoms with Crippen molar-refractivity contribution in [2.24, 2.45) is 5.92 Å². The Kier molecular flexibility index (Phi) is 6.33. The summed E-state index contributed by atoms with van der Waals surface area (Å²) in [5.41, 5.74) is -0.310. The number of nitrogens with zero attached hydrogens (tertiary/aromatic N) is 5. The number of amides is 1. The van der Waals surface area contributed by atoms with Crippen LogP contribution in [0.1, 0.15) is 24.3 Å². The second-order valence-corrected chi connectivity index (χ2v) is 7.47. The molecule has 3 heterocycles. The van der Waals surface area contributed by atoms with E-state index in [4.69, 9.17) is 9.26 Å². The van der Waals surface area contributed by atoms with Gasteiger partial charge in [-0.3, -0.25) is 9.78 Å². The van der Waals surface area contributed by atoms with Gasteiger partial charge < -0.3 is 14.2 Å². The molecule has 0 spiro atoms. The number of benzene rings is 1. The SMILES string of the molecule is O=C(COc1cccc(C(F)(F)F)c1)N1CCCC(Cc2nc(-c3cnccn3)no2)C1. The highest BCUT2D eigenvalue weighted by Gasteiger charge is 2.31. The lowest BCUT2D eigenvalue weighted by Gasteiger charge is -2.32. The molecular weight excluding hydrogens is 427 g/mol. The molecule has 8 nitrogen and oxygen atoms in total. The molecule has 1 saturated heterocycles. The van der Waals surface area contributed by atoms with E-state index in [2.05, 4.69) is 20.1 Å². The van der Waals surface area contributed by atoms with Crippen molar-refractivity contribution in [3.8, 4) is 17.3 Å². The minimum absolute atomic E-state index is 0.00383.